The van der Waals surface area contributed by atoms with E-state index >= 15 is 0 Å². The van der Waals surface area contributed by atoms with Gasteiger partial charge in [0, 0.05) is 11.5 Å². The first-order chi connectivity index (χ1) is 8.46. The lowest BCUT2D eigenvalue weighted by atomic mass is 9.98. The number of azide groups is 1. The van der Waals surface area contributed by atoms with Crippen molar-refractivity contribution in [2.45, 2.75) is 30.4 Å². The Kier molecular flexibility index (Phi) is 5.26. The fourth-order valence-corrected chi connectivity index (χ4v) is 1.52. The van der Waals surface area contributed by atoms with Gasteiger partial charge < -0.3 is 35.0 Å². The molecule has 104 valence electrons. The van der Waals surface area contributed by atoms with E-state index in [9.17, 15) is 20.4 Å². The zero-order valence-corrected chi connectivity index (χ0v) is 9.32. The van der Waals surface area contributed by atoms with Crippen LogP contribution in [0.25, 0.3) is 10.4 Å². The van der Waals surface area contributed by atoms with Gasteiger partial charge in [-0.15, -0.1) is 0 Å². The van der Waals surface area contributed by atoms with Crippen molar-refractivity contribution < 1.29 is 35.0 Å². The van der Waals surface area contributed by atoms with E-state index in [0.29, 0.717) is 0 Å². The van der Waals surface area contributed by atoms with Gasteiger partial charge in [-0.1, -0.05) is 5.11 Å². The Morgan fingerprint density at radius 3 is 2.56 bits per heavy atom. The van der Waals surface area contributed by atoms with Gasteiger partial charge in [-0.05, 0) is 5.53 Å². The van der Waals surface area contributed by atoms with E-state index in [-0.39, 0.29) is 13.2 Å². The highest BCUT2D eigenvalue weighted by atomic mass is 16.8. The molecule has 0 spiro atoms. The van der Waals surface area contributed by atoms with Crippen molar-refractivity contribution in [3.8, 4) is 0 Å². The summed E-state index contributed by atoms with van der Waals surface area (Å²) in [5.41, 5.74) is 8.03. The van der Waals surface area contributed by atoms with Gasteiger partial charge >= 0.3 is 5.97 Å². The molecule has 0 saturated carbocycles. The number of hydrogen-bond donors (Lipinski definition) is 5. The SMILES string of the molecule is [N-]=[N+]=NCCO[C@@]1(O)O[C@H](CO)[C@H](O)[C@H](O)[C@H]1O. The highest BCUT2D eigenvalue weighted by molar-refractivity contribution is 4.92. The zero-order valence-electron chi connectivity index (χ0n) is 9.32. The van der Waals surface area contributed by atoms with Crippen molar-refractivity contribution in [2.24, 2.45) is 5.11 Å². The number of nitrogens with zero attached hydrogens (tertiary/aromatic N) is 3. The first kappa shape index (κ1) is 15.1. The van der Waals surface area contributed by atoms with Crippen LogP contribution in [0.2, 0.25) is 0 Å². The predicted molar refractivity (Wildman–Crippen MR) is 54.9 cm³/mol. The van der Waals surface area contributed by atoms with Gasteiger partial charge in [-0.3, -0.25) is 0 Å². The second-order valence-corrected chi connectivity index (χ2v) is 3.70. The van der Waals surface area contributed by atoms with Crippen molar-refractivity contribution in [3.63, 3.8) is 0 Å². The third kappa shape index (κ3) is 3.07. The van der Waals surface area contributed by atoms with E-state index in [1.165, 1.54) is 0 Å². The number of aliphatic hydroxyl groups excluding tert-OH is 4. The molecule has 1 aliphatic heterocycles. The average Bonchev–Trinajstić information content (AvgIpc) is 2.37. The van der Waals surface area contributed by atoms with Crippen LogP contribution < -0.4 is 0 Å². The normalized spacial score (nSPS) is 40.3. The molecule has 0 aromatic heterocycles. The molecule has 0 unspecified atom stereocenters. The molecule has 18 heavy (non-hydrogen) atoms. The van der Waals surface area contributed by atoms with Crippen LogP contribution in [-0.4, -0.2) is 75.7 Å². The van der Waals surface area contributed by atoms with Crippen LogP contribution in [-0.2, 0) is 9.47 Å². The average molecular weight is 265 g/mol. The van der Waals surface area contributed by atoms with E-state index in [4.69, 9.17) is 20.1 Å². The maximum Gasteiger partial charge on any atom is 0.311 e. The van der Waals surface area contributed by atoms with Crippen LogP contribution >= 0.6 is 0 Å². The van der Waals surface area contributed by atoms with E-state index in [0.717, 1.165) is 0 Å². The Morgan fingerprint density at radius 2 is 2.00 bits per heavy atom. The molecule has 0 radical (unpaired) electrons. The molecule has 0 amide bonds. The van der Waals surface area contributed by atoms with E-state index in [1.807, 2.05) is 0 Å². The molecule has 0 bridgehead atoms. The molecule has 5 atom stereocenters. The van der Waals surface area contributed by atoms with Crippen molar-refractivity contribution in [3.05, 3.63) is 10.4 Å². The lowest BCUT2D eigenvalue weighted by Gasteiger charge is -2.44. The highest BCUT2D eigenvalue weighted by Gasteiger charge is 2.53. The Morgan fingerprint density at radius 1 is 1.33 bits per heavy atom. The fourth-order valence-electron chi connectivity index (χ4n) is 1.52. The molecule has 10 heteroatoms. The monoisotopic (exact) mass is 265 g/mol. The second kappa shape index (κ2) is 6.27. The van der Waals surface area contributed by atoms with Crippen molar-refractivity contribution in [1.29, 1.82) is 0 Å². The molecule has 1 heterocycles. The van der Waals surface area contributed by atoms with Gasteiger partial charge in [0.2, 0.25) is 0 Å². The Labute approximate surface area is 102 Å². The van der Waals surface area contributed by atoms with Crippen LogP contribution in [0.3, 0.4) is 0 Å². The van der Waals surface area contributed by atoms with Crippen LogP contribution in [0, 0.1) is 0 Å². The van der Waals surface area contributed by atoms with Gasteiger partial charge in [-0.2, -0.15) is 0 Å². The molecule has 0 aliphatic carbocycles. The fraction of sp³-hybridized carbons (Fsp3) is 1.00. The van der Waals surface area contributed by atoms with Crippen LogP contribution in [0.15, 0.2) is 5.11 Å². The van der Waals surface area contributed by atoms with Gasteiger partial charge in [0.25, 0.3) is 0 Å². The standard InChI is InChI=1S/C8H15N3O7/c9-11-10-1-2-17-8(16)7(15)6(14)5(13)4(3-12)18-8/h4-7,12-16H,1-3H2/t4-,5+,6+,7-,8-/m1/s1. The molecular weight excluding hydrogens is 250 g/mol. The molecule has 5 N–H and O–H groups in total. The third-order valence-electron chi connectivity index (χ3n) is 2.49. The molecule has 1 saturated heterocycles. The summed E-state index contributed by atoms with van der Waals surface area (Å²) in [5, 5.41) is 50.3. The third-order valence-corrected chi connectivity index (χ3v) is 2.49. The van der Waals surface area contributed by atoms with Gasteiger partial charge in [0.05, 0.1) is 13.2 Å². The van der Waals surface area contributed by atoms with Crippen molar-refractivity contribution in [2.75, 3.05) is 19.8 Å². The number of hydrogen-bond acceptors (Lipinski definition) is 8. The molecule has 1 aliphatic rings. The smallest absolute Gasteiger partial charge is 0.311 e. The Hall–Kier alpha value is -0.970. The Bertz CT molecular complexity index is 322. The maximum atomic E-state index is 9.82. The van der Waals surface area contributed by atoms with E-state index in [2.05, 4.69) is 10.0 Å². The van der Waals surface area contributed by atoms with Crippen LogP contribution in [0.4, 0.5) is 0 Å². The number of aliphatic hydroxyl groups is 5. The van der Waals surface area contributed by atoms with Crippen molar-refractivity contribution >= 4 is 0 Å². The minimum absolute atomic E-state index is 0.128. The molecule has 0 aromatic rings. The Balaban J connectivity index is 2.69. The lowest BCUT2D eigenvalue weighted by Crippen LogP contribution is -2.66. The van der Waals surface area contributed by atoms with Crippen LogP contribution in [0.5, 0.6) is 0 Å². The maximum absolute atomic E-state index is 9.82. The highest BCUT2D eigenvalue weighted by Crippen LogP contribution is 2.28. The summed E-state index contributed by atoms with van der Waals surface area (Å²) in [4.78, 5) is 2.45. The zero-order chi connectivity index (χ0) is 13.8. The summed E-state index contributed by atoms with van der Waals surface area (Å²) < 4.78 is 9.56. The molecule has 1 rings (SSSR count). The minimum Gasteiger partial charge on any atom is -0.394 e. The minimum atomic E-state index is -2.59. The van der Waals surface area contributed by atoms with Gasteiger partial charge in [0.1, 0.15) is 18.3 Å². The second-order valence-electron chi connectivity index (χ2n) is 3.70. The van der Waals surface area contributed by atoms with E-state index < -0.39 is 37.0 Å². The topological polar surface area (TPSA) is 168 Å². The largest absolute Gasteiger partial charge is 0.394 e. The summed E-state index contributed by atoms with van der Waals surface area (Å²) in [5.74, 6) is -2.59. The summed E-state index contributed by atoms with van der Waals surface area (Å²) in [6.07, 6.45) is -6.55. The molecular formula is C8H15N3O7. The summed E-state index contributed by atoms with van der Waals surface area (Å²) in [7, 11) is 0. The number of ether oxygens (including phenoxy) is 2. The van der Waals surface area contributed by atoms with Gasteiger partial charge in [-0.25, -0.2) is 0 Å². The molecule has 1 fully saturated rings. The molecule has 10 nitrogen and oxygen atoms in total. The lowest BCUT2D eigenvalue weighted by molar-refractivity contribution is -0.448. The predicted octanol–water partition coefficient (Wildman–Crippen LogP) is -2.57. The summed E-state index contributed by atoms with van der Waals surface area (Å²) in [6, 6.07) is 0. The first-order valence-corrected chi connectivity index (χ1v) is 5.16. The summed E-state index contributed by atoms with van der Waals surface area (Å²) in [6.45, 7) is -1.09. The van der Waals surface area contributed by atoms with Crippen molar-refractivity contribution in [1.82, 2.24) is 0 Å². The summed E-state index contributed by atoms with van der Waals surface area (Å²) >= 11 is 0. The van der Waals surface area contributed by atoms with Crippen LogP contribution in [0.1, 0.15) is 0 Å². The van der Waals surface area contributed by atoms with E-state index in [1.54, 1.807) is 0 Å². The molecule has 0 aromatic carbocycles. The number of rotatable bonds is 5. The quantitative estimate of drug-likeness (QED) is 0.120. The first-order valence-electron chi connectivity index (χ1n) is 5.16. The van der Waals surface area contributed by atoms with Gasteiger partial charge in [0.15, 0.2) is 6.10 Å².